The highest BCUT2D eigenvalue weighted by atomic mass is 15.1. The Hall–Kier alpha value is -7.62. The highest BCUT2D eigenvalue weighted by molar-refractivity contribution is 6.25. The molecule has 3 aromatic heterocycles. The van der Waals surface area contributed by atoms with Gasteiger partial charge < -0.3 is 13.7 Å². The normalized spacial score (nSPS) is 11.9. The molecule has 3 nitrogen and oxygen atoms in total. The monoisotopic (exact) mass is 725 g/mol. The number of benzene rings is 9. The number of aromatic nitrogens is 3. The highest BCUT2D eigenvalue weighted by Gasteiger charge is 2.24. The van der Waals surface area contributed by atoms with Crippen LogP contribution in [-0.4, -0.2) is 13.7 Å². The van der Waals surface area contributed by atoms with E-state index in [2.05, 4.69) is 226 Å². The number of para-hydroxylation sites is 4. The number of nitrogens with zero attached hydrogens (tertiary/aromatic N) is 3. The molecular formula is C54H35N3. The maximum Gasteiger partial charge on any atom is 0.0789 e. The van der Waals surface area contributed by atoms with Gasteiger partial charge in [-0.3, -0.25) is 0 Å². The second-order valence-corrected chi connectivity index (χ2v) is 14.9. The molecule has 0 saturated carbocycles. The van der Waals surface area contributed by atoms with Gasteiger partial charge in [0.05, 0.1) is 38.8 Å². The summed E-state index contributed by atoms with van der Waals surface area (Å²) < 4.78 is 7.45. The van der Waals surface area contributed by atoms with Gasteiger partial charge in [0.1, 0.15) is 0 Å². The van der Waals surface area contributed by atoms with Crippen molar-refractivity contribution >= 4 is 65.4 Å². The minimum Gasteiger partial charge on any atom is -0.309 e. The maximum atomic E-state index is 2.54. The third kappa shape index (κ3) is 4.73. The van der Waals surface area contributed by atoms with Crippen LogP contribution in [0.4, 0.5) is 0 Å². The van der Waals surface area contributed by atoms with Gasteiger partial charge in [-0.05, 0) is 82.9 Å². The molecule has 12 aromatic rings. The Morgan fingerprint density at radius 1 is 0.246 bits per heavy atom. The van der Waals surface area contributed by atoms with Gasteiger partial charge in [-0.1, -0.05) is 152 Å². The van der Waals surface area contributed by atoms with E-state index in [1.807, 2.05) is 0 Å². The first-order valence-corrected chi connectivity index (χ1v) is 19.6. The Morgan fingerprint density at radius 2 is 0.702 bits per heavy atom. The lowest BCUT2D eigenvalue weighted by molar-refractivity contribution is 1.15. The zero-order valence-electron chi connectivity index (χ0n) is 31.0. The lowest BCUT2D eigenvalue weighted by Gasteiger charge is -2.15. The summed E-state index contributed by atoms with van der Waals surface area (Å²) in [5.41, 5.74) is 15.4. The van der Waals surface area contributed by atoms with Gasteiger partial charge in [0, 0.05) is 43.7 Å². The molecule has 0 N–H and O–H groups in total. The van der Waals surface area contributed by atoms with E-state index in [0.29, 0.717) is 0 Å². The Kier molecular flexibility index (Phi) is 6.93. The minimum absolute atomic E-state index is 1.13. The number of rotatable bonds is 5. The standard InChI is InChI=1S/C54H35N3/c1-3-16-36(17-4-1)37-18-13-19-38(34-37)39-20-14-23-41(35-39)56-47-27-10-7-24-42(47)44-32-33-45-43-25-8-11-28-48(43)57(54(45)53(44)56)51-31-15-30-50-52(51)46-26-9-12-29-49(46)55(50)40-21-5-2-6-22-40/h1-35H. The molecule has 0 aliphatic carbocycles. The van der Waals surface area contributed by atoms with E-state index in [-0.39, 0.29) is 0 Å². The lowest BCUT2D eigenvalue weighted by Crippen LogP contribution is -2.00. The molecule has 0 spiro atoms. The van der Waals surface area contributed by atoms with Crippen LogP contribution in [0.5, 0.6) is 0 Å². The molecule has 9 aromatic carbocycles. The summed E-state index contributed by atoms with van der Waals surface area (Å²) in [5, 5.41) is 7.41. The summed E-state index contributed by atoms with van der Waals surface area (Å²) in [6, 6.07) is 77.4. The third-order valence-corrected chi connectivity index (χ3v) is 11.8. The van der Waals surface area contributed by atoms with Crippen molar-refractivity contribution in [1.29, 1.82) is 0 Å². The molecule has 3 heterocycles. The molecular weight excluding hydrogens is 691 g/mol. The summed E-state index contributed by atoms with van der Waals surface area (Å²) in [6.07, 6.45) is 0. The van der Waals surface area contributed by atoms with Gasteiger partial charge in [-0.25, -0.2) is 0 Å². The number of hydrogen-bond acceptors (Lipinski definition) is 0. The number of hydrogen-bond donors (Lipinski definition) is 0. The molecule has 0 amide bonds. The van der Waals surface area contributed by atoms with Crippen LogP contribution in [0.15, 0.2) is 212 Å². The first-order chi connectivity index (χ1) is 28.3. The minimum atomic E-state index is 1.13. The molecule has 3 heteroatoms. The molecule has 57 heavy (non-hydrogen) atoms. The van der Waals surface area contributed by atoms with Gasteiger partial charge in [0.2, 0.25) is 0 Å². The smallest absolute Gasteiger partial charge is 0.0789 e. The van der Waals surface area contributed by atoms with Crippen LogP contribution < -0.4 is 0 Å². The highest BCUT2D eigenvalue weighted by Crippen LogP contribution is 2.44. The van der Waals surface area contributed by atoms with Crippen molar-refractivity contribution in [2.45, 2.75) is 0 Å². The Labute approximate surface area is 329 Å². The van der Waals surface area contributed by atoms with Crippen molar-refractivity contribution in [3.05, 3.63) is 212 Å². The van der Waals surface area contributed by atoms with Crippen LogP contribution in [0.3, 0.4) is 0 Å². The average Bonchev–Trinajstić information content (AvgIpc) is 3.93. The zero-order valence-corrected chi connectivity index (χ0v) is 31.0. The zero-order chi connectivity index (χ0) is 37.5. The van der Waals surface area contributed by atoms with E-state index in [9.17, 15) is 0 Å². The van der Waals surface area contributed by atoms with Gasteiger partial charge >= 0.3 is 0 Å². The van der Waals surface area contributed by atoms with Gasteiger partial charge in [0.25, 0.3) is 0 Å². The molecule has 0 radical (unpaired) electrons. The van der Waals surface area contributed by atoms with Crippen molar-refractivity contribution < 1.29 is 0 Å². The van der Waals surface area contributed by atoms with Crippen LogP contribution in [0.2, 0.25) is 0 Å². The Morgan fingerprint density at radius 3 is 1.40 bits per heavy atom. The quantitative estimate of drug-likeness (QED) is 0.168. The van der Waals surface area contributed by atoms with Crippen molar-refractivity contribution in [2.75, 3.05) is 0 Å². The molecule has 0 saturated heterocycles. The summed E-state index contributed by atoms with van der Waals surface area (Å²) in [6.45, 7) is 0. The van der Waals surface area contributed by atoms with Gasteiger partial charge in [-0.2, -0.15) is 0 Å². The Balaban J connectivity index is 1.19. The third-order valence-electron chi connectivity index (χ3n) is 11.8. The SMILES string of the molecule is c1ccc(-c2cccc(-c3cccc(-n4c5ccccc5c5ccc6c7ccccc7n(-c7cccc8c7c7ccccc7n8-c7ccccc7)c6c54)c3)c2)cc1. The van der Waals surface area contributed by atoms with Gasteiger partial charge in [-0.15, -0.1) is 0 Å². The van der Waals surface area contributed by atoms with Crippen molar-refractivity contribution in [2.24, 2.45) is 0 Å². The molecule has 266 valence electrons. The molecule has 12 rings (SSSR count). The summed E-state index contributed by atoms with van der Waals surface area (Å²) in [7, 11) is 0. The predicted octanol–water partition coefficient (Wildman–Crippen LogP) is 14.3. The molecule has 0 unspecified atom stereocenters. The summed E-state index contributed by atoms with van der Waals surface area (Å²) in [4.78, 5) is 0. The Bertz CT molecular complexity index is 3510. The van der Waals surface area contributed by atoms with E-state index < -0.39 is 0 Å². The fourth-order valence-electron chi connectivity index (χ4n) is 9.39. The van der Waals surface area contributed by atoms with Crippen molar-refractivity contribution in [3.63, 3.8) is 0 Å². The van der Waals surface area contributed by atoms with Crippen LogP contribution in [0.1, 0.15) is 0 Å². The van der Waals surface area contributed by atoms with E-state index in [4.69, 9.17) is 0 Å². The van der Waals surface area contributed by atoms with Crippen LogP contribution in [0.25, 0.3) is 105 Å². The second kappa shape index (κ2) is 12.5. The van der Waals surface area contributed by atoms with Crippen LogP contribution in [-0.2, 0) is 0 Å². The fraction of sp³-hybridized carbons (Fsp3) is 0. The largest absolute Gasteiger partial charge is 0.309 e. The molecule has 0 atom stereocenters. The fourth-order valence-corrected chi connectivity index (χ4v) is 9.39. The topological polar surface area (TPSA) is 14.8 Å². The van der Waals surface area contributed by atoms with Crippen LogP contribution in [0, 0.1) is 0 Å². The van der Waals surface area contributed by atoms with Gasteiger partial charge in [0.15, 0.2) is 0 Å². The first-order valence-electron chi connectivity index (χ1n) is 19.6. The maximum absolute atomic E-state index is 2.54. The van der Waals surface area contributed by atoms with E-state index in [1.54, 1.807) is 0 Å². The summed E-state index contributed by atoms with van der Waals surface area (Å²) in [5.74, 6) is 0. The number of fused-ring (bicyclic) bond motifs is 10. The first kappa shape index (κ1) is 31.7. The molecule has 0 bridgehead atoms. The van der Waals surface area contributed by atoms with E-state index in [0.717, 1.165) is 11.4 Å². The molecule has 0 fully saturated rings. The van der Waals surface area contributed by atoms with Crippen molar-refractivity contribution in [1.82, 2.24) is 13.7 Å². The second-order valence-electron chi connectivity index (χ2n) is 14.9. The predicted molar refractivity (Wildman–Crippen MR) is 240 cm³/mol. The molecule has 0 aliphatic rings. The average molecular weight is 726 g/mol. The summed E-state index contributed by atoms with van der Waals surface area (Å²) >= 11 is 0. The van der Waals surface area contributed by atoms with Crippen LogP contribution >= 0.6 is 0 Å². The van der Waals surface area contributed by atoms with E-state index in [1.165, 1.54) is 93.4 Å². The molecule has 0 aliphatic heterocycles. The lowest BCUT2D eigenvalue weighted by atomic mass is 9.99. The van der Waals surface area contributed by atoms with Crippen molar-refractivity contribution in [3.8, 4) is 39.3 Å². The van der Waals surface area contributed by atoms with E-state index >= 15 is 0 Å².